The van der Waals surface area contributed by atoms with Crippen molar-refractivity contribution in [2.75, 3.05) is 6.61 Å². The van der Waals surface area contributed by atoms with Crippen LogP contribution in [0.1, 0.15) is 28.4 Å². The Bertz CT molecular complexity index is 451. The quantitative estimate of drug-likeness (QED) is 0.862. The molecule has 0 unspecified atom stereocenters. The van der Waals surface area contributed by atoms with Gasteiger partial charge >= 0.3 is 5.97 Å². The minimum Gasteiger partial charge on any atom is -0.462 e. The van der Waals surface area contributed by atoms with Gasteiger partial charge in [-0.05, 0) is 40.5 Å². The fourth-order valence-electron chi connectivity index (χ4n) is 1.21. The van der Waals surface area contributed by atoms with Crippen molar-refractivity contribution >= 4 is 21.9 Å². The first-order valence-electron chi connectivity index (χ1n) is 4.64. The van der Waals surface area contributed by atoms with Crippen LogP contribution in [0.2, 0.25) is 0 Å². The van der Waals surface area contributed by atoms with Crippen LogP contribution < -0.4 is 0 Å². The molecule has 84 valence electrons. The maximum Gasteiger partial charge on any atom is 0.338 e. The van der Waals surface area contributed by atoms with Crippen LogP contribution in [0.5, 0.6) is 0 Å². The Morgan fingerprint density at radius 3 is 2.81 bits per heavy atom. The van der Waals surface area contributed by atoms with Crippen LogP contribution >= 0.6 is 15.9 Å². The zero-order valence-electron chi connectivity index (χ0n) is 8.66. The molecule has 0 saturated carbocycles. The van der Waals surface area contributed by atoms with Gasteiger partial charge in [0.15, 0.2) is 0 Å². The minimum absolute atomic E-state index is 0.248. The molecular formula is C11H10BrNO3. The van der Waals surface area contributed by atoms with Crippen molar-refractivity contribution < 1.29 is 14.6 Å². The highest BCUT2D eigenvalue weighted by Gasteiger charge is 2.13. The third-order valence-corrected chi connectivity index (χ3v) is 2.89. The smallest absolute Gasteiger partial charge is 0.338 e. The lowest BCUT2D eigenvalue weighted by molar-refractivity contribution is 0.0526. The van der Waals surface area contributed by atoms with Crippen LogP contribution in [0, 0.1) is 11.3 Å². The van der Waals surface area contributed by atoms with E-state index in [-0.39, 0.29) is 18.8 Å². The van der Waals surface area contributed by atoms with Crippen LogP contribution in [0.4, 0.5) is 0 Å². The van der Waals surface area contributed by atoms with Crippen LogP contribution in [-0.4, -0.2) is 17.7 Å². The highest BCUT2D eigenvalue weighted by Crippen LogP contribution is 2.24. The van der Waals surface area contributed by atoms with Gasteiger partial charge in [-0.2, -0.15) is 5.26 Å². The average molecular weight is 284 g/mol. The summed E-state index contributed by atoms with van der Waals surface area (Å²) in [5.74, 6) is -0.499. The maximum atomic E-state index is 11.5. The van der Waals surface area contributed by atoms with E-state index in [1.807, 2.05) is 6.07 Å². The molecule has 1 rings (SSSR count). The number of nitrogens with zero attached hydrogens (tertiary/aromatic N) is 1. The van der Waals surface area contributed by atoms with Crippen molar-refractivity contribution in [2.24, 2.45) is 0 Å². The Labute approximate surface area is 102 Å². The van der Waals surface area contributed by atoms with Gasteiger partial charge in [-0.3, -0.25) is 0 Å². The summed E-state index contributed by atoms with van der Waals surface area (Å²) in [4.78, 5) is 11.5. The third-order valence-electron chi connectivity index (χ3n) is 1.95. The van der Waals surface area contributed by atoms with E-state index in [2.05, 4.69) is 15.9 Å². The standard InChI is InChI=1S/C11H10BrNO3/c1-2-16-11(15)7-3-8(5-13)10(12)9(4-7)6-14/h3-4,14H,2,6H2,1H3. The van der Waals surface area contributed by atoms with Gasteiger partial charge in [0.2, 0.25) is 0 Å². The summed E-state index contributed by atoms with van der Waals surface area (Å²) < 4.78 is 5.33. The van der Waals surface area contributed by atoms with Crippen molar-refractivity contribution in [3.05, 3.63) is 33.3 Å². The molecule has 16 heavy (non-hydrogen) atoms. The van der Waals surface area contributed by atoms with Crippen molar-refractivity contribution in [1.29, 1.82) is 5.26 Å². The number of carbonyl (C=O) groups excluding carboxylic acids is 1. The Kier molecular flexibility index (Phi) is 4.47. The summed E-state index contributed by atoms with van der Waals surface area (Å²) in [5, 5.41) is 17.9. The second-order valence-electron chi connectivity index (χ2n) is 2.99. The topological polar surface area (TPSA) is 70.3 Å². The number of aliphatic hydroxyl groups is 1. The number of hydrogen-bond donors (Lipinski definition) is 1. The first kappa shape index (κ1) is 12.7. The summed E-state index contributed by atoms with van der Waals surface area (Å²) in [5.41, 5.74) is 1.06. The second-order valence-corrected chi connectivity index (χ2v) is 3.78. The van der Waals surface area contributed by atoms with Crippen molar-refractivity contribution in [3.63, 3.8) is 0 Å². The molecule has 4 nitrogen and oxygen atoms in total. The van der Waals surface area contributed by atoms with Gasteiger partial charge in [-0.1, -0.05) is 0 Å². The van der Waals surface area contributed by atoms with Crippen LogP contribution in [-0.2, 0) is 11.3 Å². The number of benzene rings is 1. The second kappa shape index (κ2) is 5.64. The molecule has 0 aromatic heterocycles. The minimum atomic E-state index is -0.499. The monoisotopic (exact) mass is 283 g/mol. The van der Waals surface area contributed by atoms with Crippen molar-refractivity contribution in [3.8, 4) is 6.07 Å². The molecule has 5 heteroatoms. The van der Waals surface area contributed by atoms with E-state index < -0.39 is 5.97 Å². The van der Waals surface area contributed by atoms with E-state index in [1.54, 1.807) is 6.92 Å². The lowest BCUT2D eigenvalue weighted by atomic mass is 10.1. The lowest BCUT2D eigenvalue weighted by Gasteiger charge is -2.07. The predicted octanol–water partition coefficient (Wildman–Crippen LogP) is 1.99. The van der Waals surface area contributed by atoms with E-state index in [1.165, 1.54) is 12.1 Å². The molecule has 0 radical (unpaired) electrons. The molecule has 0 amide bonds. The molecule has 1 N–H and O–H groups in total. The van der Waals surface area contributed by atoms with Gasteiger partial charge in [0, 0.05) is 4.47 Å². The average Bonchev–Trinajstić information content (AvgIpc) is 2.29. The number of carbonyl (C=O) groups is 1. The summed E-state index contributed by atoms with van der Waals surface area (Å²) in [7, 11) is 0. The fourth-order valence-corrected chi connectivity index (χ4v) is 1.66. The van der Waals surface area contributed by atoms with Gasteiger partial charge < -0.3 is 9.84 Å². The molecule has 0 bridgehead atoms. The predicted molar refractivity (Wildman–Crippen MR) is 60.7 cm³/mol. The molecule has 1 aromatic rings. The van der Waals surface area contributed by atoms with E-state index in [9.17, 15) is 4.79 Å². The first-order valence-corrected chi connectivity index (χ1v) is 5.43. The number of hydrogen-bond acceptors (Lipinski definition) is 4. The zero-order valence-corrected chi connectivity index (χ0v) is 10.2. The zero-order chi connectivity index (χ0) is 12.1. The Balaban J connectivity index is 3.23. The van der Waals surface area contributed by atoms with Gasteiger partial charge in [0.1, 0.15) is 6.07 Å². The molecule has 0 fully saturated rings. The van der Waals surface area contributed by atoms with E-state index in [4.69, 9.17) is 15.1 Å². The number of esters is 1. The van der Waals surface area contributed by atoms with Gasteiger partial charge in [0.05, 0.1) is 24.3 Å². The van der Waals surface area contributed by atoms with Crippen molar-refractivity contribution in [2.45, 2.75) is 13.5 Å². The van der Waals surface area contributed by atoms with Crippen LogP contribution in [0.25, 0.3) is 0 Å². The van der Waals surface area contributed by atoms with E-state index >= 15 is 0 Å². The largest absolute Gasteiger partial charge is 0.462 e. The summed E-state index contributed by atoms with van der Waals surface area (Å²) in [6.07, 6.45) is 0. The summed E-state index contributed by atoms with van der Waals surface area (Å²) in [6, 6.07) is 4.88. The molecule has 0 aliphatic heterocycles. The van der Waals surface area contributed by atoms with E-state index in [0.717, 1.165) is 0 Å². The highest BCUT2D eigenvalue weighted by molar-refractivity contribution is 9.10. The number of ether oxygens (including phenoxy) is 1. The number of aliphatic hydroxyl groups excluding tert-OH is 1. The first-order chi connectivity index (χ1) is 7.63. The third kappa shape index (κ3) is 2.60. The maximum absolute atomic E-state index is 11.5. The Hall–Kier alpha value is -1.38. The van der Waals surface area contributed by atoms with Gasteiger partial charge in [-0.15, -0.1) is 0 Å². The normalized spacial score (nSPS) is 9.62. The molecular weight excluding hydrogens is 274 g/mol. The Morgan fingerprint density at radius 1 is 1.62 bits per heavy atom. The molecule has 0 aliphatic carbocycles. The van der Waals surface area contributed by atoms with E-state index in [0.29, 0.717) is 15.6 Å². The fraction of sp³-hybridized carbons (Fsp3) is 0.273. The Morgan fingerprint density at radius 2 is 2.31 bits per heavy atom. The molecule has 0 spiro atoms. The molecule has 0 atom stereocenters. The van der Waals surface area contributed by atoms with Crippen LogP contribution in [0.3, 0.4) is 0 Å². The summed E-state index contributed by atoms with van der Waals surface area (Å²) >= 11 is 3.19. The molecule has 0 aliphatic rings. The highest BCUT2D eigenvalue weighted by atomic mass is 79.9. The molecule has 0 saturated heterocycles. The summed E-state index contributed by atoms with van der Waals surface area (Å²) in [6.45, 7) is 1.72. The van der Waals surface area contributed by atoms with Crippen molar-refractivity contribution in [1.82, 2.24) is 0 Å². The van der Waals surface area contributed by atoms with Gasteiger partial charge in [-0.25, -0.2) is 4.79 Å². The number of halogens is 1. The molecule has 0 heterocycles. The number of rotatable bonds is 3. The van der Waals surface area contributed by atoms with Crippen LogP contribution in [0.15, 0.2) is 16.6 Å². The number of nitriles is 1. The molecule has 1 aromatic carbocycles. The van der Waals surface area contributed by atoms with Gasteiger partial charge in [0.25, 0.3) is 0 Å². The SMILES string of the molecule is CCOC(=O)c1cc(C#N)c(Br)c(CO)c1. The lowest BCUT2D eigenvalue weighted by Crippen LogP contribution is -2.06.